The van der Waals surface area contributed by atoms with Crippen molar-refractivity contribution in [2.45, 2.75) is 44.8 Å². The van der Waals surface area contributed by atoms with Gasteiger partial charge in [0.25, 0.3) is 0 Å². The van der Waals surface area contributed by atoms with Crippen molar-refractivity contribution in [2.24, 2.45) is 11.7 Å². The van der Waals surface area contributed by atoms with Crippen LogP contribution in [-0.2, 0) is 9.53 Å². The van der Waals surface area contributed by atoms with E-state index in [9.17, 15) is 4.79 Å². The fourth-order valence-electron chi connectivity index (χ4n) is 2.58. The fraction of sp³-hybridized carbons (Fsp3) is 0.533. The minimum atomic E-state index is -0.800. The summed E-state index contributed by atoms with van der Waals surface area (Å²) in [6, 6.07) is 6.32. The predicted octanol–water partition coefficient (Wildman–Crippen LogP) is 3.46. The molecule has 0 spiro atoms. The smallest absolute Gasteiger partial charge is 0.327 e. The number of benzene rings is 1. The highest BCUT2D eigenvalue weighted by atomic mass is 35.5. The summed E-state index contributed by atoms with van der Waals surface area (Å²) in [5.41, 5.74) is 6.56. The molecule has 1 aromatic carbocycles. The maximum atomic E-state index is 12.1. The monoisotopic (exact) mass is 281 g/mol. The molecule has 0 saturated heterocycles. The van der Waals surface area contributed by atoms with Gasteiger partial charge in [0.1, 0.15) is 12.1 Å². The summed E-state index contributed by atoms with van der Waals surface area (Å²) in [6.45, 7) is 2.19. The van der Waals surface area contributed by atoms with Crippen molar-refractivity contribution in [3.8, 4) is 0 Å². The lowest BCUT2D eigenvalue weighted by Gasteiger charge is -2.27. The number of nitrogens with two attached hydrogens (primary N) is 1. The maximum Gasteiger partial charge on any atom is 0.327 e. The minimum Gasteiger partial charge on any atom is -0.461 e. The molecular weight excluding hydrogens is 262 g/mol. The quantitative estimate of drug-likeness (QED) is 0.863. The summed E-state index contributed by atoms with van der Waals surface area (Å²) in [4.78, 5) is 12.1. The highest BCUT2D eigenvalue weighted by Gasteiger charge is 2.26. The second-order valence-corrected chi connectivity index (χ2v) is 5.74. The molecule has 0 heterocycles. The van der Waals surface area contributed by atoms with Crippen LogP contribution in [0.2, 0.25) is 5.02 Å². The summed E-state index contributed by atoms with van der Waals surface area (Å²) in [5.74, 6) is 0.232. The van der Waals surface area contributed by atoms with Crippen LogP contribution in [0.3, 0.4) is 0 Å². The van der Waals surface area contributed by atoms with Crippen molar-refractivity contribution in [3.63, 3.8) is 0 Å². The molecule has 4 heteroatoms. The number of halogens is 1. The summed E-state index contributed by atoms with van der Waals surface area (Å²) in [6.07, 6.45) is 4.20. The first-order valence-corrected chi connectivity index (χ1v) is 7.16. The first kappa shape index (κ1) is 14.4. The molecule has 2 rings (SSSR count). The Labute approximate surface area is 119 Å². The normalized spacial score (nSPS) is 24.8. The summed E-state index contributed by atoms with van der Waals surface area (Å²) in [5, 5.41) is 0.504. The fourth-order valence-corrected chi connectivity index (χ4v) is 2.83. The Bertz CT molecular complexity index is 450. The summed E-state index contributed by atoms with van der Waals surface area (Å²) in [7, 11) is 0. The van der Waals surface area contributed by atoms with Gasteiger partial charge >= 0.3 is 5.97 Å². The molecule has 0 radical (unpaired) electrons. The average molecular weight is 282 g/mol. The molecule has 1 fully saturated rings. The lowest BCUT2D eigenvalue weighted by molar-refractivity contribution is -0.153. The molecule has 1 aliphatic rings. The molecule has 19 heavy (non-hydrogen) atoms. The van der Waals surface area contributed by atoms with Crippen molar-refractivity contribution >= 4 is 17.6 Å². The molecule has 3 nitrogen and oxygen atoms in total. The zero-order valence-corrected chi connectivity index (χ0v) is 11.9. The predicted molar refractivity (Wildman–Crippen MR) is 75.9 cm³/mol. The molecule has 0 bridgehead atoms. The zero-order chi connectivity index (χ0) is 13.8. The molecule has 3 atom stereocenters. The molecule has 1 aromatic rings. The number of hydrogen-bond acceptors (Lipinski definition) is 3. The third-order valence-corrected chi connectivity index (χ3v) is 4.01. The van der Waals surface area contributed by atoms with E-state index in [1.54, 1.807) is 12.1 Å². The van der Waals surface area contributed by atoms with Crippen molar-refractivity contribution in [3.05, 3.63) is 34.9 Å². The number of ether oxygens (including phenoxy) is 1. The van der Waals surface area contributed by atoms with Gasteiger partial charge in [0.2, 0.25) is 0 Å². The molecule has 1 saturated carbocycles. The van der Waals surface area contributed by atoms with E-state index in [-0.39, 0.29) is 12.1 Å². The zero-order valence-electron chi connectivity index (χ0n) is 11.1. The number of hydrogen-bond donors (Lipinski definition) is 1. The highest BCUT2D eigenvalue weighted by Crippen LogP contribution is 2.28. The van der Waals surface area contributed by atoms with Crippen LogP contribution >= 0.6 is 11.6 Å². The summed E-state index contributed by atoms with van der Waals surface area (Å²) < 4.78 is 5.51. The van der Waals surface area contributed by atoms with Crippen LogP contribution in [0.25, 0.3) is 0 Å². The molecular formula is C15H20ClNO2. The molecule has 104 valence electrons. The van der Waals surface area contributed by atoms with E-state index in [0.717, 1.165) is 19.3 Å². The van der Waals surface area contributed by atoms with E-state index < -0.39 is 6.04 Å². The topological polar surface area (TPSA) is 52.3 Å². The molecule has 2 N–H and O–H groups in total. The van der Waals surface area contributed by atoms with Gasteiger partial charge in [-0.05, 0) is 36.8 Å². The molecule has 0 aromatic heterocycles. The lowest BCUT2D eigenvalue weighted by atomic mass is 9.88. The largest absolute Gasteiger partial charge is 0.461 e. The Morgan fingerprint density at radius 3 is 2.84 bits per heavy atom. The number of rotatable bonds is 3. The van der Waals surface area contributed by atoms with Gasteiger partial charge in [0.15, 0.2) is 0 Å². The Hall–Kier alpha value is -1.06. The first-order valence-electron chi connectivity index (χ1n) is 6.78. The van der Waals surface area contributed by atoms with Gasteiger partial charge in [0, 0.05) is 5.02 Å². The van der Waals surface area contributed by atoms with Gasteiger partial charge < -0.3 is 10.5 Å². The third kappa shape index (κ3) is 3.71. The summed E-state index contributed by atoms with van der Waals surface area (Å²) >= 11 is 6.04. The van der Waals surface area contributed by atoms with Crippen molar-refractivity contribution in [2.75, 3.05) is 0 Å². The van der Waals surface area contributed by atoms with E-state index in [2.05, 4.69) is 6.92 Å². The van der Waals surface area contributed by atoms with Crippen LogP contribution in [0, 0.1) is 5.92 Å². The van der Waals surface area contributed by atoms with E-state index in [1.165, 1.54) is 6.42 Å². The second-order valence-electron chi connectivity index (χ2n) is 5.33. The Kier molecular flexibility index (Phi) is 4.83. The van der Waals surface area contributed by atoms with Crippen LogP contribution in [0.5, 0.6) is 0 Å². The molecule has 0 amide bonds. The van der Waals surface area contributed by atoms with Gasteiger partial charge in [-0.3, -0.25) is 0 Å². The maximum absolute atomic E-state index is 12.1. The third-order valence-electron chi connectivity index (χ3n) is 3.67. The van der Waals surface area contributed by atoms with E-state index in [1.807, 2.05) is 12.1 Å². The van der Waals surface area contributed by atoms with Crippen molar-refractivity contribution in [1.82, 2.24) is 0 Å². The van der Waals surface area contributed by atoms with E-state index in [0.29, 0.717) is 16.5 Å². The molecule has 1 aliphatic carbocycles. The Morgan fingerprint density at radius 2 is 2.16 bits per heavy atom. The Morgan fingerprint density at radius 1 is 1.42 bits per heavy atom. The van der Waals surface area contributed by atoms with Gasteiger partial charge in [-0.15, -0.1) is 0 Å². The highest BCUT2D eigenvalue weighted by molar-refractivity contribution is 6.31. The number of carbonyl (C=O) groups excluding carboxylic acids is 1. The van der Waals surface area contributed by atoms with Crippen LogP contribution < -0.4 is 5.73 Å². The Balaban J connectivity index is 1.98. The SMILES string of the molecule is CC1CCCC(OC(=O)[C@H](N)c2ccccc2Cl)C1. The lowest BCUT2D eigenvalue weighted by Crippen LogP contribution is -2.30. The molecule has 0 aliphatic heterocycles. The van der Waals surface area contributed by atoms with Crippen LogP contribution in [0.1, 0.15) is 44.2 Å². The van der Waals surface area contributed by atoms with E-state index >= 15 is 0 Å². The van der Waals surface area contributed by atoms with Gasteiger partial charge in [-0.1, -0.05) is 43.1 Å². The standard InChI is InChI=1S/C15H20ClNO2/c1-10-5-4-6-11(9-10)19-15(18)14(17)12-7-2-3-8-13(12)16/h2-3,7-8,10-11,14H,4-6,9,17H2,1H3/t10?,11?,14-/m1/s1. The van der Waals surface area contributed by atoms with Crippen LogP contribution in [0.4, 0.5) is 0 Å². The number of esters is 1. The minimum absolute atomic E-state index is 0.00443. The molecule has 2 unspecified atom stereocenters. The average Bonchev–Trinajstić information content (AvgIpc) is 2.38. The van der Waals surface area contributed by atoms with Gasteiger partial charge in [-0.25, -0.2) is 4.79 Å². The second kappa shape index (κ2) is 6.40. The van der Waals surface area contributed by atoms with Crippen molar-refractivity contribution in [1.29, 1.82) is 0 Å². The van der Waals surface area contributed by atoms with Crippen LogP contribution in [0.15, 0.2) is 24.3 Å². The number of carbonyl (C=O) groups is 1. The van der Waals surface area contributed by atoms with Gasteiger partial charge in [-0.2, -0.15) is 0 Å². The first-order chi connectivity index (χ1) is 9.08. The van der Waals surface area contributed by atoms with Crippen molar-refractivity contribution < 1.29 is 9.53 Å². The van der Waals surface area contributed by atoms with E-state index in [4.69, 9.17) is 22.1 Å². The van der Waals surface area contributed by atoms with Crippen LogP contribution in [-0.4, -0.2) is 12.1 Å². The van der Waals surface area contributed by atoms with Gasteiger partial charge in [0.05, 0.1) is 0 Å².